The Labute approximate surface area is 102 Å². The highest BCUT2D eigenvalue weighted by Gasteiger charge is 2.22. The summed E-state index contributed by atoms with van der Waals surface area (Å²) in [5, 5.41) is 0. The third kappa shape index (κ3) is 1.95. The van der Waals surface area contributed by atoms with Gasteiger partial charge in [0.1, 0.15) is 5.65 Å². The highest BCUT2D eigenvalue weighted by Crippen LogP contribution is 2.31. The maximum Gasteiger partial charge on any atom is 0.139 e. The fourth-order valence-electron chi connectivity index (χ4n) is 2.78. The van der Waals surface area contributed by atoms with Gasteiger partial charge in [0.05, 0.1) is 5.69 Å². The van der Waals surface area contributed by atoms with Crippen LogP contribution in [0.3, 0.4) is 0 Å². The highest BCUT2D eigenvalue weighted by atomic mass is 15.0. The third-order valence-electron chi connectivity index (χ3n) is 3.89. The van der Waals surface area contributed by atoms with Crippen molar-refractivity contribution in [3.63, 3.8) is 0 Å². The number of imidazole rings is 1. The van der Waals surface area contributed by atoms with Crippen molar-refractivity contribution in [3.05, 3.63) is 35.8 Å². The van der Waals surface area contributed by atoms with E-state index in [0.29, 0.717) is 12.0 Å². The van der Waals surface area contributed by atoms with Gasteiger partial charge in [0.25, 0.3) is 0 Å². The van der Waals surface area contributed by atoms with Crippen LogP contribution in [0.15, 0.2) is 24.5 Å². The van der Waals surface area contributed by atoms with Gasteiger partial charge in [-0.3, -0.25) is 0 Å². The van der Waals surface area contributed by atoms with Crippen LogP contribution in [0.2, 0.25) is 0 Å². The average molecular weight is 229 g/mol. The molecule has 1 saturated carbocycles. The molecule has 0 atom stereocenters. The van der Waals surface area contributed by atoms with E-state index in [9.17, 15) is 0 Å². The normalized spacial score (nSPS) is 25.3. The molecular formula is C14H19N3. The lowest BCUT2D eigenvalue weighted by Gasteiger charge is -2.24. The lowest BCUT2D eigenvalue weighted by Crippen LogP contribution is -2.25. The summed E-state index contributed by atoms with van der Waals surface area (Å²) in [5.74, 6) is 0.606. The van der Waals surface area contributed by atoms with E-state index in [2.05, 4.69) is 35.9 Å². The second kappa shape index (κ2) is 4.15. The SMILES string of the molecule is Cc1cccn2cc([C@H]3CC[C@@H](N)CC3)nc12. The zero-order valence-corrected chi connectivity index (χ0v) is 10.3. The van der Waals surface area contributed by atoms with Crippen LogP contribution in [0, 0.1) is 6.92 Å². The average Bonchev–Trinajstić information content (AvgIpc) is 2.75. The molecule has 1 fully saturated rings. The Balaban J connectivity index is 1.93. The minimum atomic E-state index is 0.407. The molecule has 3 rings (SSSR count). The monoisotopic (exact) mass is 229 g/mol. The Morgan fingerprint density at radius 3 is 2.76 bits per heavy atom. The summed E-state index contributed by atoms with van der Waals surface area (Å²) in [4.78, 5) is 4.78. The van der Waals surface area contributed by atoms with Crippen LogP contribution < -0.4 is 5.73 Å². The molecule has 0 radical (unpaired) electrons. The van der Waals surface area contributed by atoms with Gasteiger partial charge in [-0.2, -0.15) is 0 Å². The summed E-state index contributed by atoms with van der Waals surface area (Å²) in [6.45, 7) is 2.11. The maximum atomic E-state index is 5.95. The van der Waals surface area contributed by atoms with Crippen molar-refractivity contribution in [1.82, 2.24) is 9.38 Å². The van der Waals surface area contributed by atoms with Crippen molar-refractivity contribution in [2.75, 3.05) is 0 Å². The summed E-state index contributed by atoms with van der Waals surface area (Å²) in [6, 6.07) is 4.60. The molecule has 1 aliphatic rings. The second-order valence-corrected chi connectivity index (χ2v) is 5.20. The molecule has 0 aliphatic heterocycles. The fourth-order valence-corrected chi connectivity index (χ4v) is 2.78. The van der Waals surface area contributed by atoms with Gasteiger partial charge >= 0.3 is 0 Å². The van der Waals surface area contributed by atoms with Crippen molar-refractivity contribution < 1.29 is 0 Å². The van der Waals surface area contributed by atoms with E-state index in [0.717, 1.165) is 18.5 Å². The van der Waals surface area contributed by atoms with Crippen LogP contribution in [0.4, 0.5) is 0 Å². The molecule has 17 heavy (non-hydrogen) atoms. The second-order valence-electron chi connectivity index (χ2n) is 5.20. The first-order chi connectivity index (χ1) is 8.24. The minimum absolute atomic E-state index is 0.407. The van der Waals surface area contributed by atoms with Gasteiger partial charge < -0.3 is 10.1 Å². The Hall–Kier alpha value is -1.35. The lowest BCUT2D eigenvalue weighted by molar-refractivity contribution is 0.391. The van der Waals surface area contributed by atoms with E-state index in [1.54, 1.807) is 0 Å². The summed E-state index contributed by atoms with van der Waals surface area (Å²) in [5.41, 5.74) is 9.53. The zero-order chi connectivity index (χ0) is 11.8. The predicted octanol–water partition coefficient (Wildman–Crippen LogP) is 2.63. The van der Waals surface area contributed by atoms with E-state index in [1.807, 2.05) is 0 Å². The first-order valence-corrected chi connectivity index (χ1v) is 6.44. The molecule has 0 unspecified atom stereocenters. The molecule has 1 aliphatic carbocycles. The molecule has 0 spiro atoms. The predicted molar refractivity (Wildman–Crippen MR) is 69.1 cm³/mol. The summed E-state index contributed by atoms with van der Waals surface area (Å²) >= 11 is 0. The van der Waals surface area contributed by atoms with Gasteiger partial charge in [0.2, 0.25) is 0 Å². The first-order valence-electron chi connectivity index (χ1n) is 6.44. The summed E-state index contributed by atoms with van der Waals surface area (Å²) in [6.07, 6.45) is 8.90. The van der Waals surface area contributed by atoms with Crippen molar-refractivity contribution in [1.29, 1.82) is 0 Å². The number of aryl methyl sites for hydroxylation is 1. The molecule has 90 valence electrons. The van der Waals surface area contributed by atoms with Crippen LogP contribution in [0.1, 0.15) is 42.9 Å². The zero-order valence-electron chi connectivity index (χ0n) is 10.3. The van der Waals surface area contributed by atoms with E-state index < -0.39 is 0 Å². The number of hydrogen-bond donors (Lipinski definition) is 1. The highest BCUT2D eigenvalue weighted by molar-refractivity contribution is 5.48. The van der Waals surface area contributed by atoms with Crippen molar-refractivity contribution >= 4 is 5.65 Å². The third-order valence-corrected chi connectivity index (χ3v) is 3.89. The fraction of sp³-hybridized carbons (Fsp3) is 0.500. The van der Waals surface area contributed by atoms with E-state index in [4.69, 9.17) is 10.7 Å². The van der Waals surface area contributed by atoms with Crippen molar-refractivity contribution in [3.8, 4) is 0 Å². The molecule has 0 aromatic carbocycles. The van der Waals surface area contributed by atoms with Gasteiger partial charge in [0.15, 0.2) is 0 Å². The number of pyridine rings is 1. The molecule has 3 heteroatoms. The van der Waals surface area contributed by atoms with Gasteiger partial charge in [0, 0.05) is 24.4 Å². The Bertz CT molecular complexity index is 521. The van der Waals surface area contributed by atoms with E-state index >= 15 is 0 Å². The largest absolute Gasteiger partial charge is 0.328 e. The molecule has 2 aromatic rings. The van der Waals surface area contributed by atoms with Crippen LogP contribution >= 0.6 is 0 Å². The molecule has 0 bridgehead atoms. The number of nitrogens with zero attached hydrogens (tertiary/aromatic N) is 2. The number of aromatic nitrogens is 2. The molecule has 2 aromatic heterocycles. The van der Waals surface area contributed by atoms with Gasteiger partial charge in [-0.05, 0) is 44.2 Å². The Morgan fingerprint density at radius 1 is 1.29 bits per heavy atom. The Morgan fingerprint density at radius 2 is 2.06 bits per heavy atom. The molecule has 0 amide bonds. The quantitative estimate of drug-likeness (QED) is 0.817. The molecular weight excluding hydrogens is 210 g/mol. The van der Waals surface area contributed by atoms with Crippen molar-refractivity contribution in [2.24, 2.45) is 5.73 Å². The maximum absolute atomic E-state index is 5.95. The van der Waals surface area contributed by atoms with Crippen LogP contribution in [-0.2, 0) is 0 Å². The topological polar surface area (TPSA) is 43.3 Å². The summed E-state index contributed by atoms with van der Waals surface area (Å²) in [7, 11) is 0. The van der Waals surface area contributed by atoms with Crippen LogP contribution in [0.25, 0.3) is 5.65 Å². The molecule has 2 N–H and O–H groups in total. The van der Waals surface area contributed by atoms with Gasteiger partial charge in [-0.1, -0.05) is 6.07 Å². The first kappa shape index (κ1) is 10.8. The van der Waals surface area contributed by atoms with Gasteiger partial charge in [-0.15, -0.1) is 0 Å². The number of fused-ring (bicyclic) bond motifs is 1. The molecule has 0 saturated heterocycles. The minimum Gasteiger partial charge on any atom is -0.328 e. The van der Waals surface area contributed by atoms with E-state index in [-0.39, 0.29) is 0 Å². The van der Waals surface area contributed by atoms with Crippen LogP contribution in [-0.4, -0.2) is 15.4 Å². The Kier molecular flexibility index (Phi) is 2.63. The van der Waals surface area contributed by atoms with Crippen LogP contribution in [0.5, 0.6) is 0 Å². The number of nitrogens with two attached hydrogens (primary N) is 1. The van der Waals surface area contributed by atoms with E-state index in [1.165, 1.54) is 24.1 Å². The smallest absolute Gasteiger partial charge is 0.139 e. The number of hydrogen-bond acceptors (Lipinski definition) is 2. The number of rotatable bonds is 1. The van der Waals surface area contributed by atoms with Crippen molar-refractivity contribution in [2.45, 2.75) is 44.6 Å². The molecule has 3 nitrogen and oxygen atoms in total. The molecule has 2 heterocycles. The standard InChI is InChI=1S/C14H19N3/c1-10-3-2-8-17-9-13(16-14(10)17)11-4-6-12(15)7-5-11/h2-3,8-9,11-12H,4-7,15H2,1H3/t11-,12+. The summed E-state index contributed by atoms with van der Waals surface area (Å²) < 4.78 is 2.14. The lowest BCUT2D eigenvalue weighted by atomic mass is 9.85. The van der Waals surface area contributed by atoms with Gasteiger partial charge in [-0.25, -0.2) is 4.98 Å².